The molecule has 1 heterocycles. The zero-order valence-electron chi connectivity index (χ0n) is 10.7. The smallest absolute Gasteiger partial charge is 0.140 e. The van der Waals surface area contributed by atoms with E-state index < -0.39 is 0 Å². The van der Waals surface area contributed by atoms with E-state index >= 15 is 0 Å². The average Bonchev–Trinajstić information content (AvgIpc) is 2.57. The molecule has 0 aliphatic heterocycles. The lowest BCUT2D eigenvalue weighted by molar-refractivity contribution is -0.120. The van der Waals surface area contributed by atoms with Gasteiger partial charge in [-0.25, -0.2) is 0 Å². The Balaban J connectivity index is 1.95. The molecule has 2 rings (SSSR count). The first-order valence-electron chi connectivity index (χ1n) is 6.35. The van der Waals surface area contributed by atoms with Crippen LogP contribution in [0.1, 0.15) is 44.0 Å². The zero-order valence-corrected chi connectivity index (χ0v) is 10.7. The van der Waals surface area contributed by atoms with Crippen molar-refractivity contribution in [2.45, 2.75) is 51.0 Å². The fourth-order valence-electron chi connectivity index (χ4n) is 2.37. The Labute approximate surface area is 102 Å². The van der Waals surface area contributed by atoms with E-state index in [1.165, 1.54) is 0 Å². The van der Waals surface area contributed by atoms with Crippen LogP contribution in [0, 0.1) is 0 Å². The van der Waals surface area contributed by atoms with Crippen LogP contribution in [0.15, 0.2) is 6.07 Å². The van der Waals surface area contributed by atoms with Crippen LogP contribution < -0.4 is 5.73 Å². The highest BCUT2D eigenvalue weighted by molar-refractivity contribution is 5.81. The Morgan fingerprint density at radius 2 is 2.29 bits per heavy atom. The Hall–Kier alpha value is -1.16. The Bertz CT molecular complexity index is 418. The van der Waals surface area contributed by atoms with Gasteiger partial charge in [0.25, 0.3) is 0 Å². The van der Waals surface area contributed by atoms with Crippen LogP contribution >= 0.6 is 0 Å². The van der Waals surface area contributed by atoms with Gasteiger partial charge < -0.3 is 5.73 Å². The summed E-state index contributed by atoms with van der Waals surface area (Å²) in [4.78, 5) is 11.9. The second kappa shape index (κ2) is 4.61. The van der Waals surface area contributed by atoms with Crippen molar-refractivity contribution >= 4 is 5.78 Å². The molecule has 1 aromatic rings. The maximum absolute atomic E-state index is 11.9. The van der Waals surface area contributed by atoms with Gasteiger partial charge in [-0.15, -0.1) is 0 Å². The monoisotopic (exact) mass is 235 g/mol. The van der Waals surface area contributed by atoms with Crippen molar-refractivity contribution in [2.24, 2.45) is 12.8 Å². The number of rotatable bonds is 5. The third-order valence-electron chi connectivity index (χ3n) is 3.67. The summed E-state index contributed by atoms with van der Waals surface area (Å²) < 4.78 is 1.81. The van der Waals surface area contributed by atoms with Crippen molar-refractivity contribution in [1.29, 1.82) is 0 Å². The summed E-state index contributed by atoms with van der Waals surface area (Å²) in [5.74, 6) is 0.234. The number of hydrogen-bond donors (Lipinski definition) is 1. The van der Waals surface area contributed by atoms with Crippen molar-refractivity contribution in [3.63, 3.8) is 0 Å². The Kier molecular flexibility index (Phi) is 3.33. The summed E-state index contributed by atoms with van der Waals surface area (Å²) in [6.07, 6.45) is 5.02. The second-order valence-corrected chi connectivity index (χ2v) is 5.21. The fraction of sp³-hybridized carbons (Fsp3) is 0.692. The lowest BCUT2D eigenvalue weighted by Crippen LogP contribution is -2.48. The van der Waals surface area contributed by atoms with E-state index in [1.54, 1.807) is 4.68 Å². The van der Waals surface area contributed by atoms with Crippen LogP contribution in [0.3, 0.4) is 0 Å². The molecule has 0 unspecified atom stereocenters. The molecule has 1 aliphatic carbocycles. The summed E-state index contributed by atoms with van der Waals surface area (Å²) in [5, 5.41) is 4.35. The molecule has 0 atom stereocenters. The lowest BCUT2D eigenvalue weighted by atomic mass is 9.74. The number of aryl methyl sites for hydroxylation is 2. The number of ketones is 1. The van der Waals surface area contributed by atoms with Crippen LogP contribution in [0.25, 0.3) is 0 Å². The summed E-state index contributed by atoms with van der Waals surface area (Å²) in [7, 11) is 1.89. The molecular weight excluding hydrogens is 214 g/mol. The molecule has 4 heteroatoms. The van der Waals surface area contributed by atoms with Gasteiger partial charge in [0.05, 0.1) is 5.69 Å². The molecular formula is C13H21N3O. The number of aromatic nitrogens is 2. The second-order valence-electron chi connectivity index (χ2n) is 5.21. The van der Waals surface area contributed by atoms with Crippen LogP contribution in [0.2, 0.25) is 0 Å². The van der Waals surface area contributed by atoms with Crippen molar-refractivity contribution in [1.82, 2.24) is 9.78 Å². The highest BCUT2D eigenvalue weighted by Crippen LogP contribution is 2.32. The number of hydrogen-bond acceptors (Lipinski definition) is 3. The van der Waals surface area contributed by atoms with Crippen LogP contribution in [0.5, 0.6) is 0 Å². The summed E-state index contributed by atoms with van der Waals surface area (Å²) in [5.41, 5.74) is 7.92. The van der Waals surface area contributed by atoms with E-state index in [-0.39, 0.29) is 11.3 Å². The van der Waals surface area contributed by atoms with E-state index in [2.05, 4.69) is 12.0 Å². The summed E-state index contributed by atoms with van der Waals surface area (Å²) in [6, 6.07) is 2.02. The van der Waals surface area contributed by atoms with Gasteiger partial charge in [0, 0.05) is 31.1 Å². The topological polar surface area (TPSA) is 60.9 Å². The molecule has 1 aromatic heterocycles. The molecule has 1 saturated carbocycles. The van der Waals surface area contributed by atoms with E-state index in [1.807, 2.05) is 13.1 Å². The molecule has 4 nitrogen and oxygen atoms in total. The van der Waals surface area contributed by atoms with Crippen LogP contribution in [-0.2, 0) is 24.7 Å². The van der Waals surface area contributed by atoms with Gasteiger partial charge in [0.1, 0.15) is 5.78 Å². The van der Waals surface area contributed by atoms with Gasteiger partial charge in [-0.2, -0.15) is 5.10 Å². The van der Waals surface area contributed by atoms with Crippen molar-refractivity contribution in [2.75, 3.05) is 0 Å². The molecule has 2 N–H and O–H groups in total. The van der Waals surface area contributed by atoms with E-state index in [0.29, 0.717) is 12.8 Å². The number of carbonyl (C=O) groups excluding carboxylic acids is 1. The first kappa shape index (κ1) is 12.3. The molecule has 0 radical (unpaired) electrons. The molecule has 0 bridgehead atoms. The quantitative estimate of drug-likeness (QED) is 0.838. The number of Topliss-reactive ketones (excluding diaryl/α,β-unsaturated/α-hetero) is 1. The Morgan fingerprint density at radius 1 is 1.59 bits per heavy atom. The minimum absolute atomic E-state index is 0.205. The van der Waals surface area contributed by atoms with Gasteiger partial charge in [0.2, 0.25) is 0 Å². The molecule has 1 fully saturated rings. The third-order valence-corrected chi connectivity index (χ3v) is 3.67. The first-order chi connectivity index (χ1) is 8.02. The standard InChI is InChI=1S/C13H21N3O/c1-3-10-7-11(16(2)15-10)8-12(17)9-13(14)5-4-6-13/h7H,3-6,8-9,14H2,1-2H3. The highest BCUT2D eigenvalue weighted by Gasteiger charge is 2.34. The van der Waals surface area contributed by atoms with Gasteiger partial charge in [-0.1, -0.05) is 6.92 Å². The van der Waals surface area contributed by atoms with Crippen molar-refractivity contribution in [3.05, 3.63) is 17.5 Å². The van der Waals surface area contributed by atoms with Gasteiger partial charge in [0.15, 0.2) is 0 Å². The lowest BCUT2D eigenvalue weighted by Gasteiger charge is -2.37. The van der Waals surface area contributed by atoms with Crippen LogP contribution in [-0.4, -0.2) is 21.1 Å². The number of nitrogens with zero attached hydrogens (tertiary/aromatic N) is 2. The van der Waals surface area contributed by atoms with E-state index in [9.17, 15) is 4.79 Å². The molecule has 1 aliphatic rings. The molecule has 0 spiro atoms. The minimum Gasteiger partial charge on any atom is -0.325 e. The molecule has 0 aromatic carbocycles. The minimum atomic E-state index is -0.205. The molecule has 17 heavy (non-hydrogen) atoms. The molecule has 0 saturated heterocycles. The average molecular weight is 235 g/mol. The maximum atomic E-state index is 11.9. The maximum Gasteiger partial charge on any atom is 0.140 e. The van der Waals surface area contributed by atoms with E-state index in [4.69, 9.17) is 5.73 Å². The predicted octanol–water partition coefficient (Wildman–Crippen LogP) is 1.37. The third kappa shape index (κ3) is 2.75. The fourth-order valence-corrected chi connectivity index (χ4v) is 2.37. The Morgan fingerprint density at radius 3 is 2.76 bits per heavy atom. The van der Waals surface area contributed by atoms with Crippen molar-refractivity contribution < 1.29 is 4.79 Å². The molecule has 0 amide bonds. The predicted molar refractivity (Wildman–Crippen MR) is 66.7 cm³/mol. The van der Waals surface area contributed by atoms with Gasteiger partial charge >= 0.3 is 0 Å². The van der Waals surface area contributed by atoms with Gasteiger partial charge in [-0.05, 0) is 31.7 Å². The normalized spacial score (nSPS) is 17.8. The number of nitrogens with two attached hydrogens (primary N) is 1. The SMILES string of the molecule is CCc1cc(CC(=O)CC2(N)CCC2)n(C)n1. The first-order valence-corrected chi connectivity index (χ1v) is 6.35. The summed E-state index contributed by atoms with van der Waals surface area (Å²) in [6.45, 7) is 2.07. The van der Waals surface area contributed by atoms with Crippen LogP contribution in [0.4, 0.5) is 0 Å². The summed E-state index contributed by atoms with van der Waals surface area (Å²) >= 11 is 0. The van der Waals surface area contributed by atoms with Gasteiger partial charge in [-0.3, -0.25) is 9.48 Å². The van der Waals surface area contributed by atoms with Crippen molar-refractivity contribution in [3.8, 4) is 0 Å². The zero-order chi connectivity index (χ0) is 12.5. The number of carbonyl (C=O) groups is 1. The largest absolute Gasteiger partial charge is 0.325 e. The molecule has 94 valence electrons. The van der Waals surface area contributed by atoms with E-state index in [0.717, 1.165) is 37.1 Å². The highest BCUT2D eigenvalue weighted by atomic mass is 16.1.